The van der Waals surface area contributed by atoms with Gasteiger partial charge in [0.2, 0.25) is 0 Å². The monoisotopic (exact) mass is 853 g/mol. The Morgan fingerprint density at radius 3 is 1.26 bits per heavy atom. The number of epoxide rings is 1. The molecule has 1 heterocycles. The summed E-state index contributed by atoms with van der Waals surface area (Å²) in [6.45, 7) is 0.722. The van der Waals surface area contributed by atoms with E-state index in [4.69, 9.17) is 18.9 Å². The Bertz CT molecular complexity index is 2530. The molecule has 8 aromatic carbocycles. The van der Waals surface area contributed by atoms with E-state index in [0.29, 0.717) is 13.2 Å². The average molecular weight is 854 g/mol. The molecule has 10 rings (SSSR count). The summed E-state index contributed by atoms with van der Waals surface area (Å²) in [6, 6.07) is 81.1. The van der Waals surface area contributed by atoms with Crippen molar-refractivity contribution in [3.8, 4) is 0 Å². The van der Waals surface area contributed by atoms with Crippen molar-refractivity contribution in [3.05, 3.63) is 287 Å². The van der Waals surface area contributed by atoms with Crippen LogP contribution in [0.25, 0.3) is 0 Å². The third-order valence-electron chi connectivity index (χ3n) is 12.9. The molecule has 2 fully saturated rings. The lowest BCUT2D eigenvalue weighted by Crippen LogP contribution is -2.50. The summed E-state index contributed by atoms with van der Waals surface area (Å²) in [5, 5.41) is 3.53. The van der Waals surface area contributed by atoms with E-state index in [-0.39, 0.29) is 24.0 Å². The lowest BCUT2D eigenvalue weighted by atomic mass is 9.79. The maximum absolute atomic E-state index is 15.6. The van der Waals surface area contributed by atoms with E-state index in [1.165, 1.54) is 0 Å². The van der Waals surface area contributed by atoms with E-state index in [1.54, 1.807) is 0 Å². The first kappa shape index (κ1) is 42.0. The second kappa shape index (κ2) is 19.0. The average Bonchev–Trinajstić information content (AvgIpc) is 4.13. The van der Waals surface area contributed by atoms with Gasteiger partial charge < -0.3 is 24.3 Å². The molecule has 0 bridgehead atoms. The Kier molecular flexibility index (Phi) is 12.3. The number of rotatable bonds is 17. The molecule has 1 aliphatic heterocycles. The molecule has 1 amide bonds. The standard InChI is InChI=1S/C59H51NO5/c61-57(53(44-27-11-2-12-28-44)64-58(45-29-13-3-14-30-45,46-31-15-4-16-32-46)47-33-17-5-18-34-47)60-52-51(42-62-41-43-25-9-1-10-26-43)54(56-55(52)63-56)65-59(48-35-19-6-20-36-48,49-37-21-7-22-38-49)50-39-23-8-24-40-50/h1-40,51-56H,41-42H2,(H,60,61)/t51-,52-,53-,54+,55-,56+/m0/s1. The molecule has 0 unspecified atom stereocenters. The van der Waals surface area contributed by atoms with Crippen molar-refractivity contribution in [1.82, 2.24) is 5.32 Å². The number of carbonyl (C=O) groups is 1. The highest BCUT2D eigenvalue weighted by molar-refractivity contribution is 5.83. The Morgan fingerprint density at radius 2 is 0.846 bits per heavy atom. The van der Waals surface area contributed by atoms with Gasteiger partial charge in [-0.05, 0) is 44.5 Å². The summed E-state index contributed by atoms with van der Waals surface area (Å²) in [5.74, 6) is -0.586. The smallest absolute Gasteiger partial charge is 0.254 e. The van der Waals surface area contributed by atoms with Gasteiger partial charge in [0.1, 0.15) is 23.4 Å². The van der Waals surface area contributed by atoms with Crippen LogP contribution in [-0.2, 0) is 41.6 Å². The van der Waals surface area contributed by atoms with Crippen molar-refractivity contribution >= 4 is 5.91 Å². The molecule has 1 saturated heterocycles. The molecule has 0 spiro atoms. The predicted octanol–water partition coefficient (Wildman–Crippen LogP) is 11.2. The second-order valence-electron chi connectivity index (χ2n) is 16.8. The summed E-state index contributed by atoms with van der Waals surface area (Å²) < 4.78 is 28.5. The van der Waals surface area contributed by atoms with Crippen molar-refractivity contribution in [2.24, 2.45) is 5.92 Å². The normalized spacial score (nSPS) is 19.5. The topological polar surface area (TPSA) is 69.3 Å². The lowest BCUT2D eigenvalue weighted by Gasteiger charge is -2.41. The first-order valence-corrected chi connectivity index (χ1v) is 22.5. The summed E-state index contributed by atoms with van der Waals surface area (Å²) in [5.41, 5.74) is 5.27. The molecular formula is C59H51NO5. The summed E-state index contributed by atoms with van der Waals surface area (Å²) >= 11 is 0. The highest BCUT2D eigenvalue weighted by Gasteiger charge is 2.65. The van der Waals surface area contributed by atoms with Crippen molar-refractivity contribution in [3.63, 3.8) is 0 Å². The largest absolute Gasteiger partial charge is 0.376 e. The van der Waals surface area contributed by atoms with E-state index in [2.05, 4.69) is 127 Å². The molecule has 2 aliphatic rings. The molecule has 322 valence electrons. The van der Waals surface area contributed by atoms with Crippen LogP contribution in [0.1, 0.15) is 50.6 Å². The number of hydrogen-bond donors (Lipinski definition) is 1. The van der Waals surface area contributed by atoms with Crippen LogP contribution >= 0.6 is 0 Å². The zero-order valence-corrected chi connectivity index (χ0v) is 36.0. The number of benzene rings is 8. The minimum absolute atomic E-state index is 0.281. The van der Waals surface area contributed by atoms with Gasteiger partial charge in [0.25, 0.3) is 5.91 Å². The van der Waals surface area contributed by atoms with E-state index < -0.39 is 29.5 Å². The molecule has 1 N–H and O–H groups in total. The van der Waals surface area contributed by atoms with Gasteiger partial charge in [-0.2, -0.15) is 0 Å². The van der Waals surface area contributed by atoms with Gasteiger partial charge in [-0.3, -0.25) is 4.79 Å². The molecular weight excluding hydrogens is 803 g/mol. The Balaban J connectivity index is 1.06. The molecule has 0 aromatic heterocycles. The SMILES string of the molecule is O=C(N[C@H]1[C@H](COCc2ccccc2)[C@@H](OC(c2ccccc2)(c2ccccc2)c2ccccc2)[C@H]2O[C@@H]12)[C@@H](OC(c1ccccc1)(c1ccccc1)c1ccccc1)c1ccccc1. The van der Waals surface area contributed by atoms with Crippen LogP contribution in [0.5, 0.6) is 0 Å². The molecule has 8 aromatic rings. The number of ether oxygens (including phenoxy) is 4. The Hall–Kier alpha value is -6.93. The highest BCUT2D eigenvalue weighted by Crippen LogP contribution is 2.51. The highest BCUT2D eigenvalue weighted by atomic mass is 16.6. The maximum Gasteiger partial charge on any atom is 0.254 e. The van der Waals surface area contributed by atoms with Crippen molar-refractivity contribution in [1.29, 1.82) is 0 Å². The van der Waals surface area contributed by atoms with Crippen LogP contribution in [0.15, 0.2) is 243 Å². The van der Waals surface area contributed by atoms with Crippen molar-refractivity contribution < 1.29 is 23.7 Å². The minimum Gasteiger partial charge on any atom is -0.376 e. The molecule has 65 heavy (non-hydrogen) atoms. The number of fused-ring (bicyclic) bond motifs is 1. The van der Waals surface area contributed by atoms with E-state index >= 15 is 4.79 Å². The van der Waals surface area contributed by atoms with Gasteiger partial charge in [-0.25, -0.2) is 0 Å². The number of hydrogen-bond acceptors (Lipinski definition) is 5. The zero-order chi connectivity index (χ0) is 43.9. The molecule has 1 saturated carbocycles. The van der Waals surface area contributed by atoms with Crippen LogP contribution in [0.2, 0.25) is 0 Å². The van der Waals surface area contributed by atoms with Crippen LogP contribution in [0.3, 0.4) is 0 Å². The molecule has 6 atom stereocenters. The van der Waals surface area contributed by atoms with Crippen LogP contribution in [0.4, 0.5) is 0 Å². The number of amides is 1. The minimum atomic E-state index is -1.17. The van der Waals surface area contributed by atoms with E-state index in [9.17, 15) is 0 Å². The third kappa shape index (κ3) is 8.46. The fraction of sp³-hybridized carbons (Fsp3) is 0.169. The molecule has 1 aliphatic carbocycles. The van der Waals surface area contributed by atoms with Gasteiger partial charge in [-0.1, -0.05) is 243 Å². The third-order valence-corrected chi connectivity index (χ3v) is 12.9. The Morgan fingerprint density at radius 1 is 0.477 bits per heavy atom. The fourth-order valence-electron chi connectivity index (χ4n) is 9.78. The van der Waals surface area contributed by atoms with E-state index in [0.717, 1.165) is 44.5 Å². The summed E-state index contributed by atoms with van der Waals surface area (Å²) in [7, 11) is 0. The zero-order valence-electron chi connectivity index (χ0n) is 36.0. The predicted molar refractivity (Wildman–Crippen MR) is 254 cm³/mol. The maximum atomic E-state index is 15.6. The van der Waals surface area contributed by atoms with E-state index in [1.807, 2.05) is 121 Å². The van der Waals surface area contributed by atoms with Gasteiger partial charge >= 0.3 is 0 Å². The second-order valence-corrected chi connectivity index (χ2v) is 16.8. The molecule has 0 radical (unpaired) electrons. The molecule has 6 heteroatoms. The van der Waals surface area contributed by atoms with Crippen molar-refractivity contribution in [2.45, 2.75) is 48.3 Å². The van der Waals surface area contributed by atoms with Crippen LogP contribution in [-0.4, -0.2) is 36.9 Å². The first-order chi connectivity index (χ1) is 32.1. The van der Waals surface area contributed by atoms with Gasteiger partial charge in [0, 0.05) is 5.92 Å². The number of carbonyl (C=O) groups excluding carboxylic acids is 1. The van der Waals surface area contributed by atoms with Gasteiger partial charge in [0.15, 0.2) is 6.10 Å². The fourth-order valence-corrected chi connectivity index (χ4v) is 9.78. The van der Waals surface area contributed by atoms with Crippen LogP contribution < -0.4 is 5.32 Å². The Labute approximate surface area is 381 Å². The summed E-state index contributed by atoms with van der Waals surface area (Å²) in [6.07, 6.45) is -2.13. The van der Waals surface area contributed by atoms with Crippen molar-refractivity contribution in [2.75, 3.05) is 6.61 Å². The summed E-state index contributed by atoms with van der Waals surface area (Å²) in [4.78, 5) is 15.6. The quantitative estimate of drug-likeness (QED) is 0.0730. The van der Waals surface area contributed by atoms with Gasteiger partial charge in [0.05, 0.1) is 25.4 Å². The number of nitrogens with one attached hydrogen (secondary N) is 1. The first-order valence-electron chi connectivity index (χ1n) is 22.5. The van der Waals surface area contributed by atoms with Gasteiger partial charge in [-0.15, -0.1) is 0 Å². The lowest BCUT2D eigenvalue weighted by molar-refractivity contribution is -0.145. The molecule has 6 nitrogen and oxygen atoms in total. The van der Waals surface area contributed by atoms with Crippen LogP contribution in [0, 0.1) is 5.92 Å².